The van der Waals surface area contributed by atoms with E-state index in [9.17, 15) is 4.79 Å². The van der Waals surface area contributed by atoms with E-state index in [1.165, 1.54) is 4.90 Å². The Balaban J connectivity index is 0.00000200. The van der Waals surface area contributed by atoms with Gasteiger partial charge in [0.25, 0.3) is 0 Å². The van der Waals surface area contributed by atoms with Crippen LogP contribution in [0.5, 0.6) is 0 Å². The van der Waals surface area contributed by atoms with Gasteiger partial charge in [-0.1, -0.05) is 6.07 Å². The van der Waals surface area contributed by atoms with Crippen LogP contribution in [0.4, 0.5) is 5.69 Å². The Kier molecular flexibility index (Phi) is 6.86. The Hall–Kier alpha value is -0.710. The molecular formula is C15H23ClN2OS. The van der Waals surface area contributed by atoms with Gasteiger partial charge in [0.15, 0.2) is 0 Å². The molecule has 0 radical (unpaired) electrons. The molecule has 1 fully saturated rings. The number of hydrogen-bond donors (Lipinski definition) is 2. The molecule has 2 rings (SSSR count). The normalized spacial score (nSPS) is 21.9. The first-order chi connectivity index (χ1) is 9.11. The van der Waals surface area contributed by atoms with Crippen molar-refractivity contribution in [2.24, 2.45) is 5.92 Å². The van der Waals surface area contributed by atoms with Gasteiger partial charge in [0.05, 0.1) is 0 Å². The molecule has 0 bridgehead atoms. The lowest BCUT2D eigenvalue weighted by Crippen LogP contribution is -2.40. The molecule has 0 aromatic heterocycles. The van der Waals surface area contributed by atoms with Crippen molar-refractivity contribution in [3.8, 4) is 0 Å². The lowest BCUT2D eigenvalue weighted by Gasteiger charge is -2.27. The Labute approximate surface area is 131 Å². The molecule has 1 heterocycles. The van der Waals surface area contributed by atoms with Crippen LogP contribution in [0.2, 0.25) is 0 Å². The molecule has 2 atom stereocenters. The highest BCUT2D eigenvalue weighted by Crippen LogP contribution is 2.27. The summed E-state index contributed by atoms with van der Waals surface area (Å²) in [5.41, 5.74) is 2.10. The van der Waals surface area contributed by atoms with Gasteiger partial charge in [0, 0.05) is 22.5 Å². The van der Waals surface area contributed by atoms with E-state index < -0.39 is 0 Å². The van der Waals surface area contributed by atoms with Gasteiger partial charge in [-0.25, -0.2) is 0 Å². The van der Waals surface area contributed by atoms with Crippen LogP contribution in [0.25, 0.3) is 0 Å². The molecule has 2 N–H and O–H groups in total. The maximum atomic E-state index is 12.3. The molecule has 112 valence electrons. The van der Waals surface area contributed by atoms with Crippen LogP contribution in [-0.2, 0) is 4.79 Å². The van der Waals surface area contributed by atoms with E-state index in [2.05, 4.69) is 36.8 Å². The number of hydrogen-bond acceptors (Lipinski definition) is 3. The van der Waals surface area contributed by atoms with Crippen molar-refractivity contribution in [2.75, 3.05) is 18.1 Å². The maximum absolute atomic E-state index is 12.3. The summed E-state index contributed by atoms with van der Waals surface area (Å²) in [5, 5.41) is 6.47. The van der Waals surface area contributed by atoms with Crippen LogP contribution in [0.3, 0.4) is 0 Å². The third kappa shape index (κ3) is 4.14. The minimum Gasteiger partial charge on any atom is -0.326 e. The first-order valence-electron chi connectivity index (χ1n) is 6.79. The highest BCUT2D eigenvalue weighted by Gasteiger charge is 2.25. The average Bonchev–Trinajstić information content (AvgIpc) is 2.41. The van der Waals surface area contributed by atoms with E-state index in [-0.39, 0.29) is 24.2 Å². The smallest absolute Gasteiger partial charge is 0.227 e. The number of rotatable bonds is 3. The lowest BCUT2D eigenvalue weighted by atomic mass is 9.92. The first-order valence-corrected chi connectivity index (χ1v) is 8.02. The summed E-state index contributed by atoms with van der Waals surface area (Å²) < 4.78 is 0. The zero-order valence-electron chi connectivity index (χ0n) is 12.2. The van der Waals surface area contributed by atoms with Crippen molar-refractivity contribution in [1.82, 2.24) is 5.32 Å². The highest BCUT2D eigenvalue weighted by molar-refractivity contribution is 7.98. The maximum Gasteiger partial charge on any atom is 0.227 e. The molecule has 1 aliphatic heterocycles. The Morgan fingerprint density at radius 2 is 2.20 bits per heavy atom. The van der Waals surface area contributed by atoms with Crippen molar-refractivity contribution in [2.45, 2.75) is 37.6 Å². The van der Waals surface area contributed by atoms with Crippen molar-refractivity contribution in [1.29, 1.82) is 0 Å². The van der Waals surface area contributed by atoms with Crippen LogP contribution in [0, 0.1) is 12.8 Å². The molecule has 3 nitrogen and oxygen atoms in total. The number of benzene rings is 1. The van der Waals surface area contributed by atoms with Crippen LogP contribution in [0.15, 0.2) is 23.1 Å². The molecule has 0 saturated carbocycles. The minimum absolute atomic E-state index is 0. The topological polar surface area (TPSA) is 41.1 Å². The van der Waals surface area contributed by atoms with Crippen LogP contribution >= 0.6 is 24.2 Å². The summed E-state index contributed by atoms with van der Waals surface area (Å²) in [6.45, 7) is 5.13. The summed E-state index contributed by atoms with van der Waals surface area (Å²) >= 11 is 1.71. The second kappa shape index (κ2) is 7.91. The Morgan fingerprint density at radius 1 is 1.45 bits per heavy atom. The molecule has 1 aromatic carbocycles. The number of nitrogens with one attached hydrogen (secondary N) is 2. The fraction of sp³-hybridized carbons (Fsp3) is 0.533. The monoisotopic (exact) mass is 314 g/mol. The van der Waals surface area contributed by atoms with E-state index in [1.54, 1.807) is 11.8 Å². The summed E-state index contributed by atoms with van der Waals surface area (Å²) in [4.78, 5) is 13.5. The Morgan fingerprint density at radius 3 is 2.85 bits per heavy atom. The van der Waals surface area contributed by atoms with Crippen molar-refractivity contribution in [3.05, 3.63) is 23.8 Å². The molecule has 0 spiro atoms. The van der Waals surface area contributed by atoms with Gasteiger partial charge in [-0.05, 0) is 57.2 Å². The average molecular weight is 315 g/mol. The van der Waals surface area contributed by atoms with Gasteiger partial charge in [-0.3, -0.25) is 4.79 Å². The number of piperidine rings is 1. The number of halogens is 1. The van der Waals surface area contributed by atoms with Crippen LogP contribution in [0.1, 0.15) is 25.3 Å². The second-order valence-electron chi connectivity index (χ2n) is 5.20. The fourth-order valence-corrected chi connectivity index (χ4v) is 3.21. The van der Waals surface area contributed by atoms with Gasteiger partial charge in [-0.2, -0.15) is 0 Å². The predicted octanol–water partition coefficient (Wildman–Crippen LogP) is 3.47. The number of anilines is 1. The summed E-state index contributed by atoms with van der Waals surface area (Å²) in [6.07, 6.45) is 3.91. The van der Waals surface area contributed by atoms with Crippen molar-refractivity contribution < 1.29 is 4.79 Å². The Bertz CT molecular complexity index is 467. The largest absolute Gasteiger partial charge is 0.326 e. The molecule has 0 unspecified atom stereocenters. The number of thioether (sulfide) groups is 1. The van der Waals surface area contributed by atoms with Gasteiger partial charge in [0.2, 0.25) is 5.91 Å². The zero-order valence-corrected chi connectivity index (χ0v) is 13.9. The third-order valence-corrected chi connectivity index (χ3v) is 4.64. The van der Waals surface area contributed by atoms with Gasteiger partial charge in [0.1, 0.15) is 0 Å². The lowest BCUT2D eigenvalue weighted by molar-refractivity contribution is -0.120. The van der Waals surface area contributed by atoms with Crippen molar-refractivity contribution >= 4 is 35.8 Å². The molecule has 1 amide bonds. The molecule has 20 heavy (non-hydrogen) atoms. The number of carbonyl (C=O) groups is 1. The highest BCUT2D eigenvalue weighted by atomic mass is 35.5. The molecule has 1 saturated heterocycles. The van der Waals surface area contributed by atoms with E-state index in [1.807, 2.05) is 12.1 Å². The van der Waals surface area contributed by atoms with Gasteiger partial charge in [-0.15, -0.1) is 24.2 Å². The van der Waals surface area contributed by atoms with E-state index >= 15 is 0 Å². The molecule has 1 aromatic rings. The van der Waals surface area contributed by atoms with Gasteiger partial charge < -0.3 is 10.6 Å². The molecule has 1 aliphatic rings. The zero-order chi connectivity index (χ0) is 13.8. The molecule has 0 aliphatic carbocycles. The SMILES string of the molecule is CSc1cccc(NC(=O)[C@H]2CCN[C@@H](C)C2)c1C.Cl. The fourth-order valence-electron chi connectivity index (χ4n) is 2.58. The standard InChI is InChI=1S/C15H22N2OS.ClH/c1-10-9-12(7-8-16-10)15(18)17-13-5-4-6-14(19-3)11(13)2;/h4-6,10,12,16H,7-9H2,1-3H3,(H,17,18);1H/t10-,12-;/m0./s1. The second-order valence-corrected chi connectivity index (χ2v) is 6.05. The summed E-state index contributed by atoms with van der Waals surface area (Å²) in [6, 6.07) is 6.50. The van der Waals surface area contributed by atoms with Gasteiger partial charge >= 0.3 is 0 Å². The third-order valence-electron chi connectivity index (χ3n) is 3.76. The summed E-state index contributed by atoms with van der Waals surface area (Å²) in [7, 11) is 0. The molecule has 5 heteroatoms. The minimum atomic E-state index is 0. The van der Waals surface area contributed by atoms with Crippen LogP contribution < -0.4 is 10.6 Å². The number of amides is 1. The van der Waals surface area contributed by atoms with E-state index in [0.29, 0.717) is 6.04 Å². The summed E-state index contributed by atoms with van der Waals surface area (Å²) in [5.74, 6) is 0.295. The number of carbonyl (C=O) groups excluding carboxylic acids is 1. The quantitative estimate of drug-likeness (QED) is 0.839. The van der Waals surface area contributed by atoms with E-state index in [0.717, 1.165) is 30.6 Å². The van der Waals surface area contributed by atoms with Crippen molar-refractivity contribution in [3.63, 3.8) is 0 Å². The first kappa shape index (κ1) is 17.3. The van der Waals surface area contributed by atoms with E-state index in [4.69, 9.17) is 0 Å². The predicted molar refractivity (Wildman–Crippen MR) is 89.0 cm³/mol. The van der Waals surface area contributed by atoms with Crippen LogP contribution in [-0.4, -0.2) is 24.7 Å². The molecular weight excluding hydrogens is 292 g/mol.